The lowest BCUT2D eigenvalue weighted by Crippen LogP contribution is -2.44. The van der Waals surface area contributed by atoms with E-state index in [0.717, 1.165) is 49.7 Å². The summed E-state index contributed by atoms with van der Waals surface area (Å²) in [7, 11) is 0. The van der Waals surface area contributed by atoms with Crippen molar-refractivity contribution in [3.05, 3.63) is 84.4 Å². The van der Waals surface area contributed by atoms with Gasteiger partial charge in [-0.05, 0) is 55.2 Å². The second-order valence-electron chi connectivity index (χ2n) is 8.03. The van der Waals surface area contributed by atoms with Gasteiger partial charge in [0.1, 0.15) is 11.4 Å². The molecule has 4 nitrogen and oxygen atoms in total. The lowest BCUT2D eigenvalue weighted by Gasteiger charge is -2.42. The number of aromatic nitrogens is 2. The van der Waals surface area contributed by atoms with Crippen LogP contribution in [-0.4, -0.2) is 29.7 Å². The maximum absolute atomic E-state index is 12.8. The van der Waals surface area contributed by atoms with Crippen molar-refractivity contribution in [1.29, 1.82) is 0 Å². The third-order valence-corrected chi connectivity index (χ3v) is 5.82. The summed E-state index contributed by atoms with van der Waals surface area (Å²) >= 11 is 0. The zero-order chi connectivity index (χ0) is 21.7. The fraction of sp³-hybridized carbons (Fsp3) is 0.333. The molecule has 0 unspecified atom stereocenters. The van der Waals surface area contributed by atoms with Crippen molar-refractivity contribution in [2.24, 2.45) is 5.41 Å². The SMILES string of the molecule is FC(F)(F)c1ccc(N2CCC(COc3ccccc3)(Cc3cccnc3)CC2)cn1. The molecule has 1 aliphatic rings. The molecular formula is C24H24F3N3O. The molecule has 0 bridgehead atoms. The Morgan fingerprint density at radius 1 is 0.935 bits per heavy atom. The van der Waals surface area contributed by atoms with E-state index in [0.29, 0.717) is 12.3 Å². The number of pyridine rings is 2. The number of nitrogens with zero attached hydrogens (tertiary/aromatic N) is 3. The van der Waals surface area contributed by atoms with Gasteiger partial charge in [-0.25, -0.2) is 4.98 Å². The number of para-hydroxylation sites is 1. The van der Waals surface area contributed by atoms with Gasteiger partial charge in [-0.15, -0.1) is 0 Å². The van der Waals surface area contributed by atoms with Crippen LogP contribution in [0.3, 0.4) is 0 Å². The van der Waals surface area contributed by atoms with Gasteiger partial charge in [-0.1, -0.05) is 24.3 Å². The molecule has 0 spiro atoms. The van der Waals surface area contributed by atoms with E-state index in [1.807, 2.05) is 42.6 Å². The lowest BCUT2D eigenvalue weighted by atomic mass is 9.74. The van der Waals surface area contributed by atoms with Crippen LogP contribution in [0.4, 0.5) is 18.9 Å². The molecule has 0 saturated carbocycles. The highest BCUT2D eigenvalue weighted by atomic mass is 19.4. The highest BCUT2D eigenvalue weighted by Gasteiger charge is 2.37. The van der Waals surface area contributed by atoms with E-state index in [1.54, 1.807) is 6.20 Å². The first-order valence-corrected chi connectivity index (χ1v) is 10.3. The van der Waals surface area contributed by atoms with Crippen LogP contribution in [0.15, 0.2) is 73.2 Å². The Balaban J connectivity index is 1.47. The molecule has 0 N–H and O–H groups in total. The van der Waals surface area contributed by atoms with Gasteiger partial charge in [0.05, 0.1) is 18.5 Å². The van der Waals surface area contributed by atoms with Gasteiger partial charge >= 0.3 is 6.18 Å². The highest BCUT2D eigenvalue weighted by Crippen LogP contribution is 2.38. The quantitative estimate of drug-likeness (QED) is 0.528. The molecule has 7 heteroatoms. The fourth-order valence-corrected chi connectivity index (χ4v) is 4.04. The number of anilines is 1. The molecule has 0 amide bonds. The zero-order valence-electron chi connectivity index (χ0n) is 17.1. The van der Waals surface area contributed by atoms with E-state index in [-0.39, 0.29) is 5.41 Å². The predicted molar refractivity (Wildman–Crippen MR) is 113 cm³/mol. The summed E-state index contributed by atoms with van der Waals surface area (Å²) in [4.78, 5) is 9.94. The van der Waals surface area contributed by atoms with Gasteiger partial charge in [-0.2, -0.15) is 13.2 Å². The van der Waals surface area contributed by atoms with Gasteiger partial charge in [0.2, 0.25) is 0 Å². The second kappa shape index (κ2) is 8.96. The fourth-order valence-electron chi connectivity index (χ4n) is 4.04. The van der Waals surface area contributed by atoms with Crippen LogP contribution >= 0.6 is 0 Å². The first-order chi connectivity index (χ1) is 14.9. The largest absolute Gasteiger partial charge is 0.493 e. The highest BCUT2D eigenvalue weighted by molar-refractivity contribution is 5.45. The molecule has 1 saturated heterocycles. The van der Waals surface area contributed by atoms with Crippen LogP contribution in [0.5, 0.6) is 5.75 Å². The summed E-state index contributed by atoms with van der Waals surface area (Å²) in [5.74, 6) is 0.836. The number of halogens is 3. The number of hydrogen-bond donors (Lipinski definition) is 0. The molecule has 31 heavy (non-hydrogen) atoms. The van der Waals surface area contributed by atoms with Crippen molar-refractivity contribution in [2.45, 2.75) is 25.4 Å². The molecule has 3 aromatic rings. The number of benzene rings is 1. The van der Waals surface area contributed by atoms with E-state index in [2.05, 4.69) is 20.9 Å². The molecule has 1 fully saturated rings. The average Bonchev–Trinajstić information content (AvgIpc) is 2.79. The maximum atomic E-state index is 12.8. The van der Waals surface area contributed by atoms with E-state index >= 15 is 0 Å². The molecule has 1 aliphatic heterocycles. The Hall–Kier alpha value is -3.09. The van der Waals surface area contributed by atoms with E-state index in [1.165, 1.54) is 12.3 Å². The Labute approximate surface area is 179 Å². The van der Waals surface area contributed by atoms with Gasteiger partial charge in [0, 0.05) is 30.9 Å². The summed E-state index contributed by atoms with van der Waals surface area (Å²) in [6, 6.07) is 16.3. The minimum absolute atomic E-state index is 0.0747. The Morgan fingerprint density at radius 2 is 1.71 bits per heavy atom. The van der Waals surface area contributed by atoms with E-state index in [9.17, 15) is 13.2 Å². The summed E-state index contributed by atoms with van der Waals surface area (Å²) in [5.41, 5.74) is 0.931. The molecule has 3 heterocycles. The number of ether oxygens (including phenoxy) is 1. The van der Waals surface area contributed by atoms with Gasteiger partial charge < -0.3 is 9.64 Å². The zero-order valence-corrected chi connectivity index (χ0v) is 17.1. The van der Waals surface area contributed by atoms with Crippen molar-refractivity contribution in [1.82, 2.24) is 9.97 Å². The standard InChI is InChI=1S/C24H24F3N3O/c25-24(26,27)22-9-8-20(17-29-22)30-13-10-23(11-14-30,15-19-5-4-12-28-16-19)18-31-21-6-2-1-3-7-21/h1-9,12,16-17H,10-11,13-15,18H2. The average molecular weight is 427 g/mol. The second-order valence-corrected chi connectivity index (χ2v) is 8.03. The van der Waals surface area contributed by atoms with Crippen LogP contribution in [0.2, 0.25) is 0 Å². The molecule has 162 valence electrons. The van der Waals surface area contributed by atoms with Gasteiger partial charge in [0.15, 0.2) is 0 Å². The Bertz CT molecular complexity index is 955. The third-order valence-electron chi connectivity index (χ3n) is 5.82. The van der Waals surface area contributed by atoms with Crippen molar-refractivity contribution in [3.63, 3.8) is 0 Å². The number of piperidine rings is 1. The molecule has 0 aliphatic carbocycles. The number of alkyl halides is 3. The van der Waals surface area contributed by atoms with Crippen molar-refractivity contribution in [2.75, 3.05) is 24.6 Å². The number of rotatable bonds is 6. The molecule has 4 rings (SSSR count). The predicted octanol–water partition coefficient (Wildman–Crippen LogP) is 5.40. The first kappa shape index (κ1) is 21.2. The number of hydrogen-bond acceptors (Lipinski definition) is 4. The van der Waals surface area contributed by atoms with E-state index < -0.39 is 11.9 Å². The Kier molecular flexibility index (Phi) is 6.11. The smallest absolute Gasteiger partial charge is 0.433 e. The topological polar surface area (TPSA) is 38.2 Å². The van der Waals surface area contributed by atoms with Crippen LogP contribution < -0.4 is 9.64 Å². The normalized spacial score (nSPS) is 16.2. The van der Waals surface area contributed by atoms with Gasteiger partial charge in [0.25, 0.3) is 0 Å². The van der Waals surface area contributed by atoms with Crippen LogP contribution in [0.1, 0.15) is 24.1 Å². The molecule has 0 radical (unpaired) electrons. The van der Waals surface area contributed by atoms with Crippen molar-refractivity contribution < 1.29 is 17.9 Å². The maximum Gasteiger partial charge on any atom is 0.433 e. The molecule has 0 atom stereocenters. The van der Waals surface area contributed by atoms with Crippen molar-refractivity contribution >= 4 is 5.69 Å². The first-order valence-electron chi connectivity index (χ1n) is 10.3. The lowest BCUT2D eigenvalue weighted by molar-refractivity contribution is -0.141. The summed E-state index contributed by atoms with van der Waals surface area (Å²) in [6.45, 7) is 2.03. The summed E-state index contributed by atoms with van der Waals surface area (Å²) in [5, 5.41) is 0. The van der Waals surface area contributed by atoms with Crippen molar-refractivity contribution in [3.8, 4) is 5.75 Å². The molecular weight excluding hydrogens is 403 g/mol. The van der Waals surface area contributed by atoms with Crippen LogP contribution in [0.25, 0.3) is 0 Å². The molecule has 2 aromatic heterocycles. The van der Waals surface area contributed by atoms with Crippen LogP contribution in [0, 0.1) is 5.41 Å². The van der Waals surface area contributed by atoms with Gasteiger partial charge in [-0.3, -0.25) is 4.98 Å². The minimum Gasteiger partial charge on any atom is -0.493 e. The van der Waals surface area contributed by atoms with E-state index in [4.69, 9.17) is 4.74 Å². The Morgan fingerprint density at radius 3 is 2.32 bits per heavy atom. The minimum atomic E-state index is -4.42. The summed E-state index contributed by atoms with van der Waals surface area (Å²) in [6.07, 6.45) is 3.09. The molecule has 1 aromatic carbocycles. The van der Waals surface area contributed by atoms with Crippen LogP contribution in [-0.2, 0) is 12.6 Å². The summed E-state index contributed by atoms with van der Waals surface area (Å²) < 4.78 is 44.5. The monoisotopic (exact) mass is 427 g/mol. The third kappa shape index (κ3) is 5.34.